The van der Waals surface area contributed by atoms with Crippen molar-refractivity contribution in [2.75, 3.05) is 19.6 Å². The molecule has 2 aromatic carbocycles. The summed E-state index contributed by atoms with van der Waals surface area (Å²) in [6.45, 7) is 7.86. The van der Waals surface area contributed by atoms with Gasteiger partial charge in [0.25, 0.3) is 5.91 Å². The van der Waals surface area contributed by atoms with Crippen LogP contribution in [0.15, 0.2) is 53.4 Å². The van der Waals surface area contributed by atoms with E-state index in [9.17, 15) is 13.2 Å². The summed E-state index contributed by atoms with van der Waals surface area (Å²) >= 11 is 0. The van der Waals surface area contributed by atoms with Crippen LogP contribution in [0, 0.1) is 6.92 Å². The van der Waals surface area contributed by atoms with Crippen LogP contribution in [-0.2, 0) is 15.4 Å². The van der Waals surface area contributed by atoms with Gasteiger partial charge in [-0.15, -0.1) is 0 Å². The van der Waals surface area contributed by atoms with E-state index >= 15 is 0 Å². The van der Waals surface area contributed by atoms with Crippen molar-refractivity contribution < 1.29 is 13.2 Å². The lowest BCUT2D eigenvalue weighted by Gasteiger charge is -2.26. The largest absolute Gasteiger partial charge is 0.351 e. The van der Waals surface area contributed by atoms with Crippen molar-refractivity contribution in [3.63, 3.8) is 0 Å². The molecule has 1 saturated heterocycles. The summed E-state index contributed by atoms with van der Waals surface area (Å²) in [6, 6.07) is 14.5. The van der Waals surface area contributed by atoms with Crippen LogP contribution in [0.25, 0.3) is 0 Å². The van der Waals surface area contributed by atoms with Crippen LogP contribution >= 0.6 is 0 Å². The monoisotopic (exact) mass is 400 g/mol. The number of carbonyl (C=O) groups is 1. The minimum Gasteiger partial charge on any atom is -0.351 e. The second-order valence-corrected chi connectivity index (χ2v) is 10.0. The van der Waals surface area contributed by atoms with Crippen LogP contribution in [0.4, 0.5) is 0 Å². The van der Waals surface area contributed by atoms with Crippen LogP contribution in [0.2, 0.25) is 0 Å². The van der Waals surface area contributed by atoms with Crippen LogP contribution in [0.5, 0.6) is 0 Å². The zero-order valence-corrected chi connectivity index (χ0v) is 17.6. The molecule has 6 heteroatoms. The normalized spacial score (nSPS) is 15.5. The summed E-state index contributed by atoms with van der Waals surface area (Å²) in [4.78, 5) is 12.8. The Balaban J connectivity index is 1.66. The smallest absolute Gasteiger partial charge is 0.251 e. The minimum atomic E-state index is -3.46. The Bertz CT molecular complexity index is 944. The SMILES string of the molecule is Cc1cccc(C(C)(C)CNC(=O)c2ccc(S(=O)(=O)N3CCCC3)cc2)c1. The topological polar surface area (TPSA) is 66.5 Å². The molecule has 0 unspecified atom stereocenters. The summed E-state index contributed by atoms with van der Waals surface area (Å²) in [5.74, 6) is -0.203. The maximum atomic E-state index is 12.6. The maximum absolute atomic E-state index is 12.6. The first kappa shape index (κ1) is 20.6. The number of carbonyl (C=O) groups excluding carboxylic acids is 1. The molecule has 0 aliphatic carbocycles. The zero-order chi connectivity index (χ0) is 20.4. The molecule has 1 aliphatic heterocycles. The Morgan fingerprint density at radius 2 is 1.71 bits per heavy atom. The number of amides is 1. The van der Waals surface area contributed by atoms with E-state index in [1.165, 1.54) is 27.6 Å². The first-order valence-corrected chi connectivity index (χ1v) is 11.1. The molecule has 3 rings (SSSR count). The van der Waals surface area contributed by atoms with Gasteiger partial charge < -0.3 is 5.32 Å². The second kappa shape index (κ2) is 8.05. The van der Waals surface area contributed by atoms with Gasteiger partial charge in [-0.05, 0) is 49.6 Å². The van der Waals surface area contributed by atoms with Gasteiger partial charge in [0.05, 0.1) is 4.90 Å². The third kappa shape index (κ3) is 4.45. The molecular formula is C22H28N2O3S. The highest BCUT2D eigenvalue weighted by Crippen LogP contribution is 2.24. The molecule has 1 aliphatic rings. The highest BCUT2D eigenvalue weighted by molar-refractivity contribution is 7.89. The fourth-order valence-electron chi connectivity index (χ4n) is 3.43. The fraction of sp³-hybridized carbons (Fsp3) is 0.409. The number of rotatable bonds is 6. The molecule has 1 heterocycles. The first-order valence-electron chi connectivity index (χ1n) is 9.66. The number of aryl methyl sites for hydroxylation is 1. The van der Waals surface area contributed by atoms with Gasteiger partial charge in [0.2, 0.25) is 10.0 Å². The van der Waals surface area contributed by atoms with E-state index in [2.05, 4.69) is 44.3 Å². The molecule has 0 atom stereocenters. The second-order valence-electron chi connectivity index (χ2n) is 8.07. The van der Waals surface area contributed by atoms with Crippen molar-refractivity contribution >= 4 is 15.9 Å². The van der Waals surface area contributed by atoms with Crippen molar-refractivity contribution in [2.24, 2.45) is 0 Å². The van der Waals surface area contributed by atoms with Crippen LogP contribution in [0.1, 0.15) is 48.2 Å². The van der Waals surface area contributed by atoms with Gasteiger partial charge in [-0.1, -0.05) is 43.7 Å². The molecule has 0 bridgehead atoms. The van der Waals surface area contributed by atoms with E-state index in [0.717, 1.165) is 12.8 Å². The van der Waals surface area contributed by atoms with Crippen molar-refractivity contribution in [2.45, 2.75) is 43.9 Å². The Hall–Kier alpha value is -2.18. The van der Waals surface area contributed by atoms with Gasteiger partial charge in [0.15, 0.2) is 0 Å². The Kier molecular flexibility index (Phi) is 5.91. The molecular weight excluding hydrogens is 372 g/mol. The van der Waals surface area contributed by atoms with Gasteiger partial charge >= 0.3 is 0 Å². The molecule has 1 fully saturated rings. The number of nitrogens with zero attached hydrogens (tertiary/aromatic N) is 1. The van der Waals surface area contributed by atoms with Crippen molar-refractivity contribution in [3.05, 3.63) is 65.2 Å². The summed E-state index contributed by atoms with van der Waals surface area (Å²) in [7, 11) is -3.46. The zero-order valence-electron chi connectivity index (χ0n) is 16.7. The fourth-order valence-corrected chi connectivity index (χ4v) is 4.94. The van der Waals surface area contributed by atoms with Crippen LogP contribution in [-0.4, -0.2) is 38.3 Å². The Morgan fingerprint density at radius 3 is 2.32 bits per heavy atom. The van der Waals surface area contributed by atoms with Gasteiger partial charge in [-0.2, -0.15) is 4.31 Å². The van der Waals surface area contributed by atoms with E-state index in [-0.39, 0.29) is 16.2 Å². The lowest BCUT2D eigenvalue weighted by Crippen LogP contribution is -2.36. The first-order chi connectivity index (χ1) is 13.2. The summed E-state index contributed by atoms with van der Waals surface area (Å²) in [5, 5.41) is 2.97. The van der Waals surface area contributed by atoms with Crippen molar-refractivity contribution in [1.29, 1.82) is 0 Å². The minimum absolute atomic E-state index is 0.203. The van der Waals surface area contributed by atoms with E-state index in [4.69, 9.17) is 0 Å². The third-order valence-electron chi connectivity index (χ3n) is 5.31. The standard InChI is InChI=1S/C22H28N2O3S/c1-17-7-6-8-19(15-17)22(2,3)16-23-21(25)18-9-11-20(12-10-18)28(26,27)24-13-4-5-14-24/h6-12,15H,4-5,13-14,16H2,1-3H3,(H,23,25). The Labute approximate surface area is 167 Å². The van der Waals surface area contributed by atoms with Crippen molar-refractivity contribution in [3.8, 4) is 0 Å². The molecule has 0 aromatic heterocycles. The van der Waals surface area contributed by atoms with Crippen molar-refractivity contribution in [1.82, 2.24) is 9.62 Å². The number of nitrogens with one attached hydrogen (secondary N) is 1. The van der Waals surface area contributed by atoms with Gasteiger partial charge in [0.1, 0.15) is 0 Å². The van der Waals surface area contributed by atoms with Gasteiger partial charge in [-0.25, -0.2) is 8.42 Å². The average Bonchev–Trinajstić information content (AvgIpc) is 3.22. The molecule has 150 valence electrons. The molecule has 5 nitrogen and oxygen atoms in total. The molecule has 0 saturated carbocycles. The van der Waals surface area contributed by atoms with E-state index in [1.54, 1.807) is 12.1 Å². The van der Waals surface area contributed by atoms with Crippen LogP contribution in [0.3, 0.4) is 0 Å². The number of hydrogen-bond donors (Lipinski definition) is 1. The van der Waals surface area contributed by atoms with Gasteiger partial charge in [0, 0.05) is 30.6 Å². The highest BCUT2D eigenvalue weighted by atomic mass is 32.2. The number of sulfonamides is 1. The molecule has 2 aromatic rings. The Morgan fingerprint density at radius 1 is 1.07 bits per heavy atom. The summed E-state index contributed by atoms with van der Waals surface area (Å²) in [5.41, 5.74) is 2.60. The lowest BCUT2D eigenvalue weighted by atomic mass is 9.84. The molecule has 1 amide bonds. The summed E-state index contributed by atoms with van der Waals surface area (Å²) < 4.78 is 26.7. The molecule has 28 heavy (non-hydrogen) atoms. The van der Waals surface area contributed by atoms with E-state index in [0.29, 0.717) is 25.2 Å². The highest BCUT2D eigenvalue weighted by Gasteiger charge is 2.27. The van der Waals surface area contributed by atoms with E-state index < -0.39 is 10.0 Å². The van der Waals surface area contributed by atoms with Crippen LogP contribution < -0.4 is 5.32 Å². The molecule has 1 N–H and O–H groups in total. The number of hydrogen-bond acceptors (Lipinski definition) is 3. The third-order valence-corrected chi connectivity index (χ3v) is 7.22. The molecule has 0 spiro atoms. The quantitative estimate of drug-likeness (QED) is 0.807. The van der Waals surface area contributed by atoms with E-state index in [1.807, 2.05) is 6.07 Å². The summed E-state index contributed by atoms with van der Waals surface area (Å²) in [6.07, 6.45) is 1.80. The van der Waals surface area contributed by atoms with Gasteiger partial charge in [-0.3, -0.25) is 4.79 Å². The number of benzene rings is 2. The predicted octanol–water partition coefficient (Wildman–Crippen LogP) is 3.49. The lowest BCUT2D eigenvalue weighted by molar-refractivity contribution is 0.0945. The average molecular weight is 401 g/mol. The predicted molar refractivity (Wildman–Crippen MR) is 111 cm³/mol. The molecule has 0 radical (unpaired) electrons. The maximum Gasteiger partial charge on any atom is 0.251 e.